The second-order valence-electron chi connectivity index (χ2n) is 6.17. The highest BCUT2D eigenvalue weighted by molar-refractivity contribution is 7.09. The summed E-state index contributed by atoms with van der Waals surface area (Å²) in [6.07, 6.45) is 8.73. The summed E-state index contributed by atoms with van der Waals surface area (Å²) in [5, 5.41) is 6.95. The van der Waals surface area contributed by atoms with Crippen molar-refractivity contribution in [1.82, 2.24) is 10.3 Å². The number of hydrogen-bond acceptors (Lipinski definition) is 3. The fraction of sp³-hybridized carbons (Fsp3) is 0.526. The van der Waals surface area contributed by atoms with Crippen molar-refractivity contribution < 1.29 is 0 Å². The maximum atomic E-state index is 4.83. The lowest BCUT2D eigenvalue weighted by Crippen LogP contribution is -2.18. The molecule has 1 aromatic carbocycles. The topological polar surface area (TPSA) is 24.9 Å². The molecule has 0 radical (unpaired) electrons. The molecule has 0 aliphatic heterocycles. The highest BCUT2D eigenvalue weighted by atomic mass is 32.1. The first-order chi connectivity index (χ1) is 10.9. The van der Waals surface area contributed by atoms with E-state index in [0.29, 0.717) is 0 Å². The Kier molecular flexibility index (Phi) is 5.63. The number of nitrogens with zero attached hydrogens (tertiary/aromatic N) is 1. The molecule has 1 N–H and O–H groups in total. The Morgan fingerprint density at radius 2 is 2.00 bits per heavy atom. The van der Waals surface area contributed by atoms with E-state index in [-0.39, 0.29) is 0 Å². The highest BCUT2D eigenvalue weighted by Crippen LogP contribution is 2.28. The zero-order valence-electron chi connectivity index (χ0n) is 13.5. The van der Waals surface area contributed by atoms with Crippen LogP contribution in [0.4, 0.5) is 0 Å². The van der Waals surface area contributed by atoms with Crippen molar-refractivity contribution in [3.63, 3.8) is 0 Å². The van der Waals surface area contributed by atoms with Crippen LogP contribution in [0.5, 0.6) is 0 Å². The molecule has 0 unspecified atom stereocenters. The van der Waals surface area contributed by atoms with Gasteiger partial charge in [-0.05, 0) is 55.8 Å². The van der Waals surface area contributed by atoms with Crippen LogP contribution in [0.25, 0.3) is 11.3 Å². The number of aryl methyl sites for hydroxylation is 2. The maximum Gasteiger partial charge on any atom is 0.0945 e. The van der Waals surface area contributed by atoms with Crippen molar-refractivity contribution in [2.24, 2.45) is 0 Å². The monoisotopic (exact) mass is 314 g/mol. The fourth-order valence-electron chi connectivity index (χ4n) is 3.07. The summed E-state index contributed by atoms with van der Waals surface area (Å²) in [4.78, 5) is 4.83. The Bertz CT molecular complexity index is 603. The van der Waals surface area contributed by atoms with Gasteiger partial charge in [-0.25, -0.2) is 4.98 Å². The van der Waals surface area contributed by atoms with Crippen molar-refractivity contribution in [2.45, 2.75) is 51.9 Å². The van der Waals surface area contributed by atoms with Crippen LogP contribution >= 0.6 is 11.3 Å². The molecule has 0 amide bonds. The molecule has 118 valence electrons. The van der Waals surface area contributed by atoms with Crippen LogP contribution < -0.4 is 5.32 Å². The lowest BCUT2D eigenvalue weighted by atomic mass is 9.90. The lowest BCUT2D eigenvalue weighted by Gasteiger charge is -2.16. The third-order valence-corrected chi connectivity index (χ3v) is 5.33. The number of aromatic nitrogens is 1. The molecule has 0 saturated carbocycles. The fourth-order valence-corrected chi connectivity index (χ4v) is 3.88. The molecule has 1 aliphatic carbocycles. The van der Waals surface area contributed by atoms with Gasteiger partial charge in [0, 0.05) is 23.9 Å². The van der Waals surface area contributed by atoms with E-state index in [2.05, 4.69) is 35.8 Å². The Hall–Kier alpha value is -1.19. The minimum Gasteiger partial charge on any atom is -0.316 e. The predicted octanol–water partition coefficient (Wildman–Crippen LogP) is 4.62. The van der Waals surface area contributed by atoms with E-state index in [1.165, 1.54) is 49.1 Å². The normalized spacial score (nSPS) is 14.0. The first-order valence-corrected chi connectivity index (χ1v) is 9.52. The molecule has 0 fully saturated rings. The predicted molar refractivity (Wildman–Crippen MR) is 95.7 cm³/mol. The minimum absolute atomic E-state index is 1.04. The summed E-state index contributed by atoms with van der Waals surface area (Å²) in [5.74, 6) is 0. The number of hydrogen-bond donors (Lipinski definition) is 1. The number of fused-ring (bicyclic) bond motifs is 1. The van der Waals surface area contributed by atoms with E-state index >= 15 is 0 Å². The average molecular weight is 314 g/mol. The van der Waals surface area contributed by atoms with Gasteiger partial charge in [-0.15, -0.1) is 11.3 Å². The summed E-state index contributed by atoms with van der Waals surface area (Å²) in [5.41, 5.74) is 5.54. The van der Waals surface area contributed by atoms with E-state index in [4.69, 9.17) is 4.98 Å². The highest BCUT2D eigenvalue weighted by Gasteiger charge is 2.11. The summed E-state index contributed by atoms with van der Waals surface area (Å²) >= 11 is 1.79. The lowest BCUT2D eigenvalue weighted by molar-refractivity contribution is 0.639. The zero-order chi connectivity index (χ0) is 15.2. The Morgan fingerprint density at radius 1 is 1.14 bits per heavy atom. The third-order valence-electron chi connectivity index (χ3n) is 4.42. The van der Waals surface area contributed by atoms with Gasteiger partial charge in [0.15, 0.2) is 0 Å². The van der Waals surface area contributed by atoms with Gasteiger partial charge in [-0.1, -0.05) is 25.5 Å². The maximum absolute atomic E-state index is 4.83. The van der Waals surface area contributed by atoms with Crippen molar-refractivity contribution in [3.8, 4) is 11.3 Å². The largest absolute Gasteiger partial charge is 0.316 e. The summed E-state index contributed by atoms with van der Waals surface area (Å²) in [7, 11) is 0. The van der Waals surface area contributed by atoms with Crippen LogP contribution in [0.2, 0.25) is 0 Å². The molecule has 2 nitrogen and oxygen atoms in total. The quantitative estimate of drug-likeness (QED) is 0.754. The van der Waals surface area contributed by atoms with Crippen molar-refractivity contribution in [1.29, 1.82) is 0 Å². The second-order valence-corrected chi connectivity index (χ2v) is 7.11. The summed E-state index contributed by atoms with van der Waals surface area (Å²) in [6.45, 7) is 4.39. The molecule has 0 bridgehead atoms. The first kappa shape index (κ1) is 15.7. The number of rotatable bonds is 7. The van der Waals surface area contributed by atoms with Crippen LogP contribution in [-0.2, 0) is 19.3 Å². The van der Waals surface area contributed by atoms with Gasteiger partial charge < -0.3 is 5.32 Å². The Morgan fingerprint density at radius 3 is 2.86 bits per heavy atom. The minimum atomic E-state index is 1.04. The number of benzene rings is 1. The average Bonchev–Trinajstić information content (AvgIpc) is 3.03. The van der Waals surface area contributed by atoms with Crippen LogP contribution in [0, 0.1) is 0 Å². The molecular formula is C19H26N2S. The van der Waals surface area contributed by atoms with E-state index < -0.39 is 0 Å². The van der Waals surface area contributed by atoms with Gasteiger partial charge in [-0.3, -0.25) is 0 Å². The standard InChI is InChI=1S/C19H26N2S/c1-2-3-11-20-12-10-19-21-18(14-22-19)17-9-8-15-6-4-5-7-16(15)13-17/h8-9,13-14,20H,2-7,10-12H2,1H3. The van der Waals surface area contributed by atoms with Gasteiger partial charge in [0.2, 0.25) is 0 Å². The summed E-state index contributed by atoms with van der Waals surface area (Å²) < 4.78 is 0. The van der Waals surface area contributed by atoms with Gasteiger partial charge in [-0.2, -0.15) is 0 Å². The third kappa shape index (κ3) is 3.96. The Labute approximate surface area is 138 Å². The first-order valence-electron chi connectivity index (χ1n) is 8.64. The SMILES string of the molecule is CCCCNCCc1nc(-c2ccc3c(c2)CCCC3)cs1. The van der Waals surface area contributed by atoms with Crippen molar-refractivity contribution in [2.75, 3.05) is 13.1 Å². The molecular weight excluding hydrogens is 288 g/mol. The van der Waals surface area contributed by atoms with Crippen LogP contribution in [0.3, 0.4) is 0 Å². The number of nitrogens with one attached hydrogen (secondary N) is 1. The van der Waals surface area contributed by atoms with Crippen LogP contribution in [-0.4, -0.2) is 18.1 Å². The molecule has 2 aromatic rings. The van der Waals surface area contributed by atoms with Crippen molar-refractivity contribution >= 4 is 11.3 Å². The summed E-state index contributed by atoms with van der Waals surface area (Å²) in [6, 6.07) is 6.93. The van der Waals surface area contributed by atoms with E-state index in [1.54, 1.807) is 22.5 Å². The second kappa shape index (κ2) is 7.89. The van der Waals surface area contributed by atoms with E-state index in [0.717, 1.165) is 25.2 Å². The molecule has 0 spiro atoms. The van der Waals surface area contributed by atoms with Crippen LogP contribution in [0.15, 0.2) is 23.6 Å². The molecule has 22 heavy (non-hydrogen) atoms. The number of thiazole rings is 1. The van der Waals surface area contributed by atoms with Gasteiger partial charge >= 0.3 is 0 Å². The molecule has 3 heteroatoms. The number of unbranched alkanes of at least 4 members (excludes halogenated alkanes) is 1. The van der Waals surface area contributed by atoms with Gasteiger partial charge in [0.1, 0.15) is 0 Å². The molecule has 1 aliphatic rings. The zero-order valence-corrected chi connectivity index (χ0v) is 14.3. The molecule has 0 saturated heterocycles. The molecule has 3 rings (SSSR count). The smallest absolute Gasteiger partial charge is 0.0945 e. The van der Waals surface area contributed by atoms with Gasteiger partial charge in [0.25, 0.3) is 0 Å². The van der Waals surface area contributed by atoms with E-state index in [9.17, 15) is 0 Å². The molecule has 0 atom stereocenters. The Balaban J connectivity index is 1.61. The van der Waals surface area contributed by atoms with Crippen molar-refractivity contribution in [3.05, 3.63) is 39.7 Å². The molecule has 1 heterocycles. The molecule has 1 aromatic heterocycles. The van der Waals surface area contributed by atoms with Crippen LogP contribution in [0.1, 0.15) is 48.7 Å². The van der Waals surface area contributed by atoms with E-state index in [1.807, 2.05) is 0 Å². The van der Waals surface area contributed by atoms with Gasteiger partial charge in [0.05, 0.1) is 10.7 Å².